The third-order valence-corrected chi connectivity index (χ3v) is 3.06. The quantitative estimate of drug-likeness (QED) is 0.437. The summed E-state index contributed by atoms with van der Waals surface area (Å²) in [6.07, 6.45) is 4.70. The molecule has 98 valence electrons. The zero-order valence-corrected chi connectivity index (χ0v) is 11.0. The summed E-state index contributed by atoms with van der Waals surface area (Å²) in [5.41, 5.74) is 4.74. The van der Waals surface area contributed by atoms with Gasteiger partial charge in [-0.1, -0.05) is 19.3 Å². The topological polar surface area (TPSA) is 91.0 Å². The van der Waals surface area contributed by atoms with Crippen molar-refractivity contribution < 1.29 is 4.79 Å². The first-order chi connectivity index (χ1) is 7.75. The van der Waals surface area contributed by atoms with Crippen molar-refractivity contribution in [2.75, 3.05) is 0 Å². The molecule has 0 heterocycles. The van der Waals surface area contributed by atoms with Crippen LogP contribution in [0.3, 0.4) is 0 Å². The van der Waals surface area contributed by atoms with E-state index in [0.717, 1.165) is 32.1 Å². The maximum Gasteiger partial charge on any atom is 0.315 e. The zero-order valence-electron chi connectivity index (χ0n) is 11.0. The second kappa shape index (κ2) is 4.94. The van der Waals surface area contributed by atoms with Crippen molar-refractivity contribution >= 4 is 11.9 Å². The van der Waals surface area contributed by atoms with Crippen LogP contribution in [-0.2, 0) is 0 Å². The SMILES string of the molecule is CC(C)(C)NC(=O)NC1(C(=N)N)CCCCC1. The fourth-order valence-electron chi connectivity index (χ4n) is 2.21. The van der Waals surface area contributed by atoms with Crippen LogP contribution in [0.4, 0.5) is 4.79 Å². The Balaban J connectivity index is 2.67. The molecule has 1 fully saturated rings. The first-order valence-corrected chi connectivity index (χ1v) is 6.20. The third-order valence-electron chi connectivity index (χ3n) is 3.06. The van der Waals surface area contributed by atoms with Gasteiger partial charge in [-0.25, -0.2) is 4.79 Å². The number of nitrogens with one attached hydrogen (secondary N) is 3. The first kappa shape index (κ1) is 13.8. The van der Waals surface area contributed by atoms with Crippen LogP contribution in [-0.4, -0.2) is 22.9 Å². The average molecular weight is 240 g/mol. The van der Waals surface area contributed by atoms with Crippen molar-refractivity contribution in [3.8, 4) is 0 Å². The van der Waals surface area contributed by atoms with Gasteiger partial charge in [0.25, 0.3) is 0 Å². The van der Waals surface area contributed by atoms with E-state index in [1.54, 1.807) is 0 Å². The maximum absolute atomic E-state index is 11.9. The molecule has 0 unspecified atom stereocenters. The highest BCUT2D eigenvalue weighted by molar-refractivity contribution is 5.92. The maximum atomic E-state index is 11.9. The molecule has 2 amide bonds. The van der Waals surface area contributed by atoms with E-state index in [0.29, 0.717) is 0 Å². The van der Waals surface area contributed by atoms with E-state index in [2.05, 4.69) is 10.6 Å². The number of carbonyl (C=O) groups excluding carboxylic acids is 1. The fraction of sp³-hybridized carbons (Fsp3) is 0.833. The Hall–Kier alpha value is -1.26. The lowest BCUT2D eigenvalue weighted by Crippen LogP contribution is -2.62. The monoisotopic (exact) mass is 240 g/mol. The molecule has 0 spiro atoms. The van der Waals surface area contributed by atoms with E-state index >= 15 is 0 Å². The second-order valence-electron chi connectivity index (χ2n) is 5.89. The summed E-state index contributed by atoms with van der Waals surface area (Å²) in [6.45, 7) is 5.77. The summed E-state index contributed by atoms with van der Waals surface area (Å²) in [5.74, 6) is 0.0706. The van der Waals surface area contributed by atoms with Crippen LogP contribution in [0.5, 0.6) is 0 Å². The van der Waals surface area contributed by atoms with Crippen molar-refractivity contribution in [1.82, 2.24) is 10.6 Å². The molecule has 0 aromatic carbocycles. The lowest BCUT2D eigenvalue weighted by Gasteiger charge is -2.37. The van der Waals surface area contributed by atoms with Crippen LogP contribution in [0.25, 0.3) is 0 Å². The van der Waals surface area contributed by atoms with Gasteiger partial charge in [-0.3, -0.25) is 5.41 Å². The Bertz CT molecular complexity index is 300. The zero-order chi connectivity index (χ0) is 13.1. The Labute approximate surface area is 103 Å². The van der Waals surface area contributed by atoms with Crippen molar-refractivity contribution in [3.63, 3.8) is 0 Å². The number of hydrogen-bond donors (Lipinski definition) is 4. The van der Waals surface area contributed by atoms with Gasteiger partial charge in [0.1, 0.15) is 5.84 Å². The molecule has 1 rings (SSSR count). The molecule has 1 saturated carbocycles. The molecule has 0 saturated heterocycles. The van der Waals surface area contributed by atoms with Crippen LogP contribution in [0.15, 0.2) is 0 Å². The minimum atomic E-state index is -0.631. The Kier molecular flexibility index (Phi) is 4.01. The summed E-state index contributed by atoms with van der Waals surface area (Å²) >= 11 is 0. The molecule has 0 atom stereocenters. The van der Waals surface area contributed by atoms with Gasteiger partial charge in [-0.2, -0.15) is 0 Å². The van der Waals surface area contributed by atoms with Gasteiger partial charge in [0.15, 0.2) is 0 Å². The number of urea groups is 1. The number of rotatable bonds is 2. The molecule has 1 aliphatic rings. The van der Waals surface area contributed by atoms with Crippen LogP contribution < -0.4 is 16.4 Å². The number of amides is 2. The smallest absolute Gasteiger partial charge is 0.315 e. The van der Waals surface area contributed by atoms with Gasteiger partial charge in [0, 0.05) is 5.54 Å². The summed E-state index contributed by atoms with van der Waals surface area (Å²) in [5, 5.41) is 13.4. The van der Waals surface area contributed by atoms with E-state index < -0.39 is 5.54 Å². The van der Waals surface area contributed by atoms with E-state index in [4.69, 9.17) is 11.1 Å². The summed E-state index contributed by atoms with van der Waals surface area (Å²) in [7, 11) is 0. The van der Waals surface area contributed by atoms with Crippen LogP contribution in [0.1, 0.15) is 52.9 Å². The molecule has 5 N–H and O–H groups in total. The van der Waals surface area contributed by atoms with Gasteiger partial charge in [-0.05, 0) is 33.6 Å². The van der Waals surface area contributed by atoms with E-state index in [1.165, 1.54) is 0 Å². The van der Waals surface area contributed by atoms with Gasteiger partial charge in [0.2, 0.25) is 0 Å². The molecular formula is C12H24N4O. The molecule has 1 aliphatic carbocycles. The Morgan fingerprint density at radius 3 is 2.18 bits per heavy atom. The molecule has 5 heteroatoms. The van der Waals surface area contributed by atoms with Crippen LogP contribution in [0, 0.1) is 5.41 Å². The number of nitrogens with two attached hydrogens (primary N) is 1. The minimum absolute atomic E-state index is 0.0706. The van der Waals surface area contributed by atoms with Crippen LogP contribution in [0.2, 0.25) is 0 Å². The molecule has 17 heavy (non-hydrogen) atoms. The molecule has 5 nitrogen and oxygen atoms in total. The van der Waals surface area contributed by atoms with Crippen molar-refractivity contribution in [2.45, 2.75) is 64.0 Å². The molecule has 0 aliphatic heterocycles. The van der Waals surface area contributed by atoms with Gasteiger partial charge in [-0.15, -0.1) is 0 Å². The Morgan fingerprint density at radius 1 is 1.24 bits per heavy atom. The molecule has 0 bridgehead atoms. The second-order valence-corrected chi connectivity index (χ2v) is 5.89. The highest BCUT2D eigenvalue weighted by Crippen LogP contribution is 2.28. The fourth-order valence-corrected chi connectivity index (χ4v) is 2.21. The van der Waals surface area contributed by atoms with Crippen molar-refractivity contribution in [2.24, 2.45) is 5.73 Å². The van der Waals surface area contributed by atoms with E-state index in [1.807, 2.05) is 20.8 Å². The van der Waals surface area contributed by atoms with E-state index in [-0.39, 0.29) is 17.4 Å². The lowest BCUT2D eigenvalue weighted by atomic mass is 9.81. The number of hydrogen-bond acceptors (Lipinski definition) is 2. The van der Waals surface area contributed by atoms with Crippen molar-refractivity contribution in [3.05, 3.63) is 0 Å². The average Bonchev–Trinajstić information content (AvgIpc) is 2.15. The predicted octanol–water partition coefficient (Wildman–Crippen LogP) is 1.72. The molecule has 0 aromatic rings. The highest BCUT2D eigenvalue weighted by atomic mass is 16.2. The molecule has 0 radical (unpaired) electrons. The standard InChI is InChI=1S/C12H24N4O/c1-11(2,3)15-10(17)16-12(9(13)14)7-5-4-6-8-12/h4-8H2,1-3H3,(H3,13,14)(H2,15,16,17). The predicted molar refractivity (Wildman–Crippen MR) is 69.2 cm³/mol. The normalized spacial score (nSPS) is 19.5. The largest absolute Gasteiger partial charge is 0.386 e. The summed E-state index contributed by atoms with van der Waals surface area (Å²) in [6, 6.07) is -0.241. The summed E-state index contributed by atoms with van der Waals surface area (Å²) in [4.78, 5) is 11.9. The summed E-state index contributed by atoms with van der Waals surface area (Å²) < 4.78 is 0. The highest BCUT2D eigenvalue weighted by Gasteiger charge is 2.37. The van der Waals surface area contributed by atoms with Gasteiger partial charge in [0.05, 0.1) is 5.54 Å². The first-order valence-electron chi connectivity index (χ1n) is 6.20. The minimum Gasteiger partial charge on any atom is -0.386 e. The Morgan fingerprint density at radius 2 is 1.76 bits per heavy atom. The molecular weight excluding hydrogens is 216 g/mol. The lowest BCUT2D eigenvalue weighted by molar-refractivity contribution is 0.216. The third kappa shape index (κ3) is 3.91. The van der Waals surface area contributed by atoms with E-state index in [9.17, 15) is 4.79 Å². The van der Waals surface area contributed by atoms with Gasteiger partial charge >= 0.3 is 6.03 Å². The molecule has 0 aromatic heterocycles. The van der Waals surface area contributed by atoms with Gasteiger partial charge < -0.3 is 16.4 Å². The number of amidine groups is 1. The van der Waals surface area contributed by atoms with Crippen LogP contribution >= 0.6 is 0 Å². The number of carbonyl (C=O) groups is 1. The van der Waals surface area contributed by atoms with Crippen molar-refractivity contribution in [1.29, 1.82) is 5.41 Å².